The van der Waals surface area contributed by atoms with Crippen molar-refractivity contribution < 1.29 is 21.7 Å². The summed E-state index contributed by atoms with van der Waals surface area (Å²) in [5.74, 6) is 0. The molecule has 0 spiro atoms. The minimum absolute atomic E-state index is 0. The van der Waals surface area contributed by atoms with Crippen LogP contribution in [-0.2, 0) is 21.7 Å². The molecule has 0 unspecified atom stereocenters. The minimum atomic E-state index is -1.15. The molecule has 1 aliphatic carbocycles. The van der Waals surface area contributed by atoms with Gasteiger partial charge in [-0.15, -0.1) is 0 Å². The molecule has 0 aromatic rings. The van der Waals surface area contributed by atoms with E-state index in [1.807, 2.05) is 0 Å². The fraction of sp³-hybridized carbons (Fsp3) is 0.704. The molecule has 0 saturated heterocycles. The molecule has 0 aromatic heterocycles. The first kappa shape index (κ1) is 32.1. The van der Waals surface area contributed by atoms with Gasteiger partial charge in [-0.3, -0.25) is 4.74 Å². The van der Waals surface area contributed by atoms with Gasteiger partial charge in [0.25, 0.3) is 0 Å². The molecule has 0 heterocycles. The van der Waals surface area contributed by atoms with Gasteiger partial charge in [0.1, 0.15) is 0 Å². The molecular formula is C27H50NPTi. The molecule has 30 heavy (non-hydrogen) atoms. The van der Waals surface area contributed by atoms with Gasteiger partial charge in [0, 0.05) is 33.8 Å². The maximum absolute atomic E-state index is 5.51. The molecular weight excluding hydrogens is 417 g/mol. The summed E-state index contributed by atoms with van der Waals surface area (Å²) in [5.41, 5.74) is 1.38. The van der Waals surface area contributed by atoms with Crippen LogP contribution in [0.1, 0.15) is 104 Å². The van der Waals surface area contributed by atoms with E-state index in [0.29, 0.717) is 0 Å². The van der Waals surface area contributed by atoms with Crippen molar-refractivity contribution in [1.29, 1.82) is 0 Å². The van der Waals surface area contributed by atoms with Gasteiger partial charge in [0.05, 0.1) is 0 Å². The summed E-state index contributed by atoms with van der Waals surface area (Å²) >= 11 is 0. The Morgan fingerprint density at radius 1 is 0.767 bits per heavy atom. The zero-order valence-corrected chi connectivity index (χ0v) is 23.0. The largest absolute Gasteiger partial charge is 0.272 e. The minimum Gasteiger partial charge on any atom is -0.272 e. The van der Waals surface area contributed by atoms with E-state index in [-0.39, 0.29) is 21.7 Å². The van der Waals surface area contributed by atoms with Crippen LogP contribution in [0.15, 0.2) is 54.0 Å². The normalized spacial score (nSPS) is 12.4. The number of unbranched alkanes of at least 4 members (excludes halogenated alkanes) is 9. The fourth-order valence-corrected chi connectivity index (χ4v) is 7.87. The predicted molar refractivity (Wildman–Crippen MR) is 139 cm³/mol. The topological polar surface area (TPSA) is 12.4 Å². The van der Waals surface area contributed by atoms with Gasteiger partial charge in [-0.25, -0.2) is 0 Å². The first-order valence-electron chi connectivity index (χ1n) is 12.4. The molecule has 0 N–H and O–H groups in total. The van der Waals surface area contributed by atoms with Crippen LogP contribution in [0, 0.1) is 0 Å². The number of rotatable bonds is 17. The molecule has 1 rings (SSSR count). The summed E-state index contributed by atoms with van der Waals surface area (Å²) in [6.45, 7) is 13.7. The van der Waals surface area contributed by atoms with Gasteiger partial charge in [-0.2, -0.15) is 0 Å². The summed E-state index contributed by atoms with van der Waals surface area (Å²) in [5, 5.41) is 0. The van der Waals surface area contributed by atoms with E-state index in [1.165, 1.54) is 101 Å². The Kier molecular flexibility index (Phi) is 25.2. The fourth-order valence-electron chi connectivity index (χ4n) is 3.77. The van der Waals surface area contributed by atoms with Crippen LogP contribution in [-0.4, -0.2) is 18.5 Å². The van der Waals surface area contributed by atoms with Crippen LogP contribution >= 0.6 is 7.05 Å². The van der Waals surface area contributed by atoms with Crippen molar-refractivity contribution in [2.45, 2.75) is 104 Å². The molecule has 0 radical (unpaired) electrons. The molecule has 0 fully saturated rings. The van der Waals surface area contributed by atoms with Gasteiger partial charge in [-0.05, 0) is 50.9 Å². The number of hydrogen-bond acceptors (Lipinski definition) is 1. The maximum atomic E-state index is 5.51. The third-order valence-electron chi connectivity index (χ3n) is 5.54. The second-order valence-electron chi connectivity index (χ2n) is 8.31. The van der Waals surface area contributed by atoms with E-state index in [1.54, 1.807) is 12.2 Å². The smallest absolute Gasteiger partial charge is 0.0425 e. The second-order valence-corrected chi connectivity index (χ2v) is 12.0. The Hall–Kier alpha value is -0.0957. The van der Waals surface area contributed by atoms with Crippen molar-refractivity contribution in [2.24, 2.45) is 4.74 Å². The number of hydrogen-bond donors (Lipinski definition) is 0. The molecule has 172 valence electrons. The van der Waals surface area contributed by atoms with Gasteiger partial charge in [-0.1, -0.05) is 116 Å². The summed E-state index contributed by atoms with van der Waals surface area (Å²) < 4.78 is 5.51. The quantitative estimate of drug-likeness (QED) is 0.0873. The molecule has 0 saturated carbocycles. The summed E-state index contributed by atoms with van der Waals surface area (Å²) in [6, 6.07) is 0. The Morgan fingerprint density at radius 2 is 1.20 bits per heavy atom. The average Bonchev–Trinajstić information content (AvgIpc) is 3.25. The Labute approximate surface area is 204 Å². The molecule has 0 bridgehead atoms. The second kappa shape index (κ2) is 23.6. The van der Waals surface area contributed by atoms with E-state index in [4.69, 9.17) is 4.74 Å². The van der Waals surface area contributed by atoms with Gasteiger partial charge in [0.15, 0.2) is 0 Å². The van der Waals surface area contributed by atoms with Crippen molar-refractivity contribution in [3.8, 4) is 0 Å². The van der Waals surface area contributed by atoms with Crippen molar-refractivity contribution in [3.63, 3.8) is 0 Å². The van der Waals surface area contributed by atoms with Crippen LogP contribution in [0.4, 0.5) is 0 Å². The third kappa shape index (κ3) is 17.6. The zero-order chi connectivity index (χ0) is 21.6. The predicted octanol–water partition coefficient (Wildman–Crippen LogP) is 10.1. The molecule has 1 nitrogen and oxygen atoms in total. The van der Waals surface area contributed by atoms with Gasteiger partial charge in [0.2, 0.25) is 0 Å². The van der Waals surface area contributed by atoms with Crippen LogP contribution in [0.5, 0.6) is 0 Å². The first-order chi connectivity index (χ1) is 14.2. The SMILES string of the molecule is C=CC=C.CCCCCCP(CCCCCC)(CCCCCC)=NC1=CC=CC1.[Ti]. The van der Waals surface area contributed by atoms with Crippen LogP contribution in [0.3, 0.4) is 0 Å². The van der Waals surface area contributed by atoms with Crippen LogP contribution < -0.4 is 0 Å². The van der Waals surface area contributed by atoms with Gasteiger partial charge >= 0.3 is 0 Å². The van der Waals surface area contributed by atoms with E-state index in [0.717, 1.165) is 6.42 Å². The molecule has 0 aromatic carbocycles. The number of allylic oxidation sites excluding steroid dienone is 5. The van der Waals surface area contributed by atoms with Gasteiger partial charge < -0.3 is 0 Å². The standard InChI is InChI=1S/C23H44NP.C4H6.Ti/c1-4-7-10-15-20-25(21-16-11-8-5-2,22-17-12-9-6-3)24-23-18-13-14-19-23;1-3-4-2;/h13-14,18H,4-12,15-17,19-22H2,1-3H3;3-4H,1-2H2;. The Bertz CT molecular complexity index is 475. The third-order valence-corrected chi connectivity index (χ3v) is 9.67. The molecule has 0 atom stereocenters. The Balaban J connectivity index is 0. The van der Waals surface area contributed by atoms with E-state index in [9.17, 15) is 0 Å². The summed E-state index contributed by atoms with van der Waals surface area (Å²) in [7, 11) is -1.15. The molecule has 0 aliphatic heterocycles. The van der Waals surface area contributed by atoms with E-state index in [2.05, 4.69) is 52.2 Å². The average molecular weight is 468 g/mol. The number of nitrogens with zero attached hydrogens (tertiary/aromatic N) is 1. The molecule has 0 amide bonds. The van der Waals surface area contributed by atoms with E-state index < -0.39 is 7.05 Å². The first-order valence-corrected chi connectivity index (χ1v) is 14.7. The monoisotopic (exact) mass is 467 g/mol. The van der Waals surface area contributed by atoms with E-state index >= 15 is 0 Å². The van der Waals surface area contributed by atoms with Crippen molar-refractivity contribution >= 4 is 7.05 Å². The van der Waals surface area contributed by atoms with Crippen LogP contribution in [0.25, 0.3) is 0 Å². The van der Waals surface area contributed by atoms with Crippen molar-refractivity contribution in [1.82, 2.24) is 0 Å². The Morgan fingerprint density at radius 3 is 1.50 bits per heavy atom. The molecule has 1 aliphatic rings. The van der Waals surface area contributed by atoms with Crippen LogP contribution in [0.2, 0.25) is 0 Å². The summed E-state index contributed by atoms with van der Waals surface area (Å²) in [4.78, 5) is 0. The van der Waals surface area contributed by atoms with Crippen molar-refractivity contribution in [2.75, 3.05) is 18.5 Å². The summed E-state index contributed by atoms with van der Waals surface area (Å²) in [6.07, 6.45) is 32.1. The van der Waals surface area contributed by atoms with Crippen molar-refractivity contribution in [3.05, 3.63) is 49.2 Å². The zero-order valence-electron chi connectivity index (χ0n) is 20.5. The maximum Gasteiger partial charge on any atom is 0.0425 e. The molecule has 3 heteroatoms.